The fourth-order valence-corrected chi connectivity index (χ4v) is 3.33. The van der Waals surface area contributed by atoms with Gasteiger partial charge in [0.1, 0.15) is 11.6 Å². The summed E-state index contributed by atoms with van der Waals surface area (Å²) in [5.41, 5.74) is 0.816. The molecule has 0 saturated carbocycles. The Kier molecular flexibility index (Phi) is 7.00. The molecule has 1 saturated heterocycles. The highest BCUT2D eigenvalue weighted by Gasteiger charge is 2.27. The lowest BCUT2D eigenvalue weighted by Gasteiger charge is -2.26. The van der Waals surface area contributed by atoms with Crippen LogP contribution in [0.5, 0.6) is 0 Å². The minimum absolute atomic E-state index is 0.0980. The number of hydrogen-bond acceptors (Lipinski definition) is 3. The Bertz CT molecular complexity index is 538. The van der Waals surface area contributed by atoms with Crippen LogP contribution in [0.15, 0.2) is 18.2 Å². The molecule has 0 amide bonds. The summed E-state index contributed by atoms with van der Waals surface area (Å²) in [7, 11) is 0. The van der Waals surface area contributed by atoms with Gasteiger partial charge in [-0.2, -0.15) is 0 Å². The maximum atomic E-state index is 13.8. The topological polar surface area (TPSA) is 38.3 Å². The molecule has 1 aliphatic heterocycles. The largest absolute Gasteiger partial charge is 0.372 e. The zero-order chi connectivity index (χ0) is 16.8. The second-order valence-corrected chi connectivity index (χ2v) is 6.63. The van der Waals surface area contributed by atoms with Gasteiger partial charge in [0, 0.05) is 24.9 Å². The van der Waals surface area contributed by atoms with Crippen molar-refractivity contribution in [2.75, 3.05) is 19.7 Å². The van der Waals surface area contributed by atoms with Crippen LogP contribution in [0, 0.1) is 17.7 Å². The molecule has 1 fully saturated rings. The predicted octanol–water partition coefficient (Wildman–Crippen LogP) is 4.15. The summed E-state index contributed by atoms with van der Waals surface area (Å²) in [6.07, 6.45) is 2.41. The molecule has 0 aliphatic carbocycles. The van der Waals surface area contributed by atoms with Gasteiger partial charge in [0.05, 0.1) is 17.7 Å². The van der Waals surface area contributed by atoms with Crippen LogP contribution in [0.4, 0.5) is 4.39 Å². The Morgan fingerprint density at radius 2 is 2.30 bits per heavy atom. The molecule has 0 radical (unpaired) electrons. The van der Waals surface area contributed by atoms with Gasteiger partial charge in [-0.3, -0.25) is 4.79 Å². The van der Waals surface area contributed by atoms with Crippen molar-refractivity contribution >= 4 is 17.4 Å². The van der Waals surface area contributed by atoms with Crippen molar-refractivity contribution in [3.63, 3.8) is 0 Å². The second kappa shape index (κ2) is 8.76. The third-order valence-corrected chi connectivity index (χ3v) is 4.94. The van der Waals surface area contributed by atoms with Crippen LogP contribution in [0.2, 0.25) is 5.02 Å². The van der Waals surface area contributed by atoms with Crippen LogP contribution in [0.1, 0.15) is 44.8 Å². The van der Waals surface area contributed by atoms with Crippen molar-refractivity contribution in [1.29, 1.82) is 0 Å². The number of carbonyl (C=O) groups excluding carboxylic acids is 1. The summed E-state index contributed by atoms with van der Waals surface area (Å²) in [4.78, 5) is 11.6. The number of ketones is 1. The quantitative estimate of drug-likeness (QED) is 0.844. The van der Waals surface area contributed by atoms with Crippen molar-refractivity contribution in [3.05, 3.63) is 34.6 Å². The molecule has 1 aromatic carbocycles. The van der Waals surface area contributed by atoms with Gasteiger partial charge in [0.15, 0.2) is 0 Å². The summed E-state index contributed by atoms with van der Waals surface area (Å²) in [6.45, 7) is 5.88. The summed E-state index contributed by atoms with van der Waals surface area (Å²) in [6, 6.07) is 4.87. The van der Waals surface area contributed by atoms with Crippen molar-refractivity contribution in [2.45, 2.75) is 39.2 Å². The first-order valence-corrected chi connectivity index (χ1v) is 8.68. The molecule has 5 heteroatoms. The molecule has 3 nitrogen and oxygen atoms in total. The molecule has 0 bridgehead atoms. The van der Waals surface area contributed by atoms with Gasteiger partial charge >= 0.3 is 0 Å². The van der Waals surface area contributed by atoms with Gasteiger partial charge in [0.25, 0.3) is 0 Å². The third kappa shape index (κ3) is 5.00. The lowest BCUT2D eigenvalue weighted by Crippen LogP contribution is -2.25. The lowest BCUT2D eigenvalue weighted by atomic mass is 9.86. The Morgan fingerprint density at radius 3 is 2.96 bits per heavy atom. The van der Waals surface area contributed by atoms with E-state index in [9.17, 15) is 9.18 Å². The second-order valence-electron chi connectivity index (χ2n) is 6.22. The van der Waals surface area contributed by atoms with Gasteiger partial charge in [-0.1, -0.05) is 24.6 Å². The lowest BCUT2D eigenvalue weighted by molar-refractivity contribution is -0.121. The van der Waals surface area contributed by atoms with E-state index in [-0.39, 0.29) is 28.7 Å². The first kappa shape index (κ1) is 18.4. The predicted molar refractivity (Wildman–Crippen MR) is 90.2 cm³/mol. The van der Waals surface area contributed by atoms with E-state index in [2.05, 4.69) is 5.32 Å². The SMILES string of the molecule is CCC(CCC1CNCCOC1c1ccc(Cl)c(F)c1)C(C)=O. The average molecular weight is 342 g/mol. The molecule has 1 aromatic rings. The van der Waals surface area contributed by atoms with E-state index in [0.29, 0.717) is 6.61 Å². The zero-order valence-corrected chi connectivity index (χ0v) is 14.5. The summed E-state index contributed by atoms with van der Waals surface area (Å²) < 4.78 is 19.8. The molecule has 0 spiro atoms. The molecule has 23 heavy (non-hydrogen) atoms. The number of hydrogen-bond donors (Lipinski definition) is 1. The van der Waals surface area contributed by atoms with Crippen molar-refractivity contribution < 1.29 is 13.9 Å². The highest BCUT2D eigenvalue weighted by atomic mass is 35.5. The van der Waals surface area contributed by atoms with Gasteiger partial charge in [-0.25, -0.2) is 4.39 Å². The van der Waals surface area contributed by atoms with Crippen LogP contribution in [-0.4, -0.2) is 25.5 Å². The third-order valence-electron chi connectivity index (χ3n) is 4.64. The van der Waals surface area contributed by atoms with Crippen LogP contribution in [-0.2, 0) is 9.53 Å². The van der Waals surface area contributed by atoms with Crippen LogP contribution in [0.25, 0.3) is 0 Å². The molecule has 3 unspecified atom stereocenters. The number of carbonyl (C=O) groups is 1. The highest BCUT2D eigenvalue weighted by molar-refractivity contribution is 6.30. The number of ether oxygens (including phenoxy) is 1. The van der Waals surface area contributed by atoms with Crippen molar-refractivity contribution in [2.24, 2.45) is 11.8 Å². The van der Waals surface area contributed by atoms with Crippen LogP contribution >= 0.6 is 11.6 Å². The molecule has 1 N–H and O–H groups in total. The van der Waals surface area contributed by atoms with E-state index in [0.717, 1.165) is 37.9 Å². The molecule has 128 valence electrons. The van der Waals surface area contributed by atoms with E-state index in [1.165, 1.54) is 6.07 Å². The monoisotopic (exact) mass is 341 g/mol. The molecule has 1 heterocycles. The van der Waals surface area contributed by atoms with Gasteiger partial charge in [0.2, 0.25) is 0 Å². The first-order valence-electron chi connectivity index (χ1n) is 8.30. The number of benzene rings is 1. The smallest absolute Gasteiger partial charge is 0.142 e. The van der Waals surface area contributed by atoms with E-state index < -0.39 is 5.82 Å². The van der Waals surface area contributed by atoms with Gasteiger partial charge < -0.3 is 10.1 Å². The van der Waals surface area contributed by atoms with E-state index in [1.54, 1.807) is 13.0 Å². The fraction of sp³-hybridized carbons (Fsp3) is 0.611. The maximum absolute atomic E-state index is 13.8. The Morgan fingerprint density at radius 1 is 1.52 bits per heavy atom. The standard InChI is InChI=1S/C18H25ClFNO2/c1-3-13(12(2)22)4-5-15-11-21-8-9-23-18(15)14-6-7-16(19)17(20)10-14/h6-7,10,13,15,18,21H,3-5,8-9,11H2,1-2H3. The van der Waals surface area contributed by atoms with Crippen molar-refractivity contribution in [1.82, 2.24) is 5.32 Å². The van der Waals surface area contributed by atoms with E-state index in [4.69, 9.17) is 16.3 Å². The summed E-state index contributed by atoms with van der Waals surface area (Å²) >= 11 is 5.78. The molecule has 2 rings (SSSR count). The Balaban J connectivity index is 2.12. The van der Waals surface area contributed by atoms with Crippen LogP contribution < -0.4 is 5.32 Å². The molecule has 0 aromatic heterocycles. The fourth-order valence-electron chi connectivity index (χ4n) is 3.21. The highest BCUT2D eigenvalue weighted by Crippen LogP contribution is 2.33. The van der Waals surface area contributed by atoms with Gasteiger partial charge in [-0.05, 0) is 43.9 Å². The molecule has 1 aliphatic rings. The van der Waals surface area contributed by atoms with E-state index >= 15 is 0 Å². The number of nitrogens with one attached hydrogen (secondary N) is 1. The van der Waals surface area contributed by atoms with Crippen LogP contribution in [0.3, 0.4) is 0 Å². The number of Topliss-reactive ketones (excluding diaryl/α,β-unsaturated/α-hetero) is 1. The summed E-state index contributed by atoms with van der Waals surface area (Å²) in [5, 5.41) is 3.49. The molecular formula is C18H25ClFNO2. The van der Waals surface area contributed by atoms with Gasteiger partial charge in [-0.15, -0.1) is 0 Å². The first-order chi connectivity index (χ1) is 11.0. The minimum Gasteiger partial charge on any atom is -0.372 e. The molecular weight excluding hydrogens is 317 g/mol. The number of halogens is 2. The Labute approximate surface area is 142 Å². The molecule has 3 atom stereocenters. The Hall–Kier alpha value is -0.970. The minimum atomic E-state index is -0.418. The zero-order valence-electron chi connectivity index (χ0n) is 13.8. The normalized spacial score (nSPS) is 23.3. The number of rotatable bonds is 6. The summed E-state index contributed by atoms with van der Waals surface area (Å²) in [5.74, 6) is 0.135. The van der Waals surface area contributed by atoms with Crippen molar-refractivity contribution in [3.8, 4) is 0 Å². The maximum Gasteiger partial charge on any atom is 0.142 e. The average Bonchev–Trinajstić information content (AvgIpc) is 2.76. The van der Waals surface area contributed by atoms with E-state index in [1.807, 2.05) is 13.0 Å².